The first kappa shape index (κ1) is 17.9. The molecule has 0 radical (unpaired) electrons. The fourth-order valence-corrected chi connectivity index (χ4v) is 3.00. The van der Waals surface area contributed by atoms with E-state index in [1.807, 2.05) is 44.2 Å². The van der Waals surface area contributed by atoms with Crippen LogP contribution in [0.3, 0.4) is 0 Å². The van der Waals surface area contributed by atoms with Crippen LogP contribution in [-0.4, -0.2) is 29.2 Å². The summed E-state index contributed by atoms with van der Waals surface area (Å²) < 4.78 is 0. The number of hydrogen-bond acceptors (Lipinski definition) is 3. The number of rotatable bonds is 6. The Morgan fingerprint density at radius 1 is 0.923 bits per heavy atom. The van der Waals surface area contributed by atoms with Crippen LogP contribution in [0.5, 0.6) is 0 Å². The molecule has 134 valence electrons. The molecule has 2 aromatic carbocycles. The average Bonchev–Trinajstić information content (AvgIpc) is 2.85. The van der Waals surface area contributed by atoms with Gasteiger partial charge in [-0.2, -0.15) is 0 Å². The lowest BCUT2D eigenvalue weighted by molar-refractivity contribution is -0.121. The molecule has 0 bridgehead atoms. The van der Waals surface area contributed by atoms with Crippen molar-refractivity contribution in [2.75, 3.05) is 6.54 Å². The molecule has 5 nitrogen and oxygen atoms in total. The molecule has 0 unspecified atom stereocenters. The summed E-state index contributed by atoms with van der Waals surface area (Å²) >= 11 is 0. The van der Waals surface area contributed by atoms with E-state index in [0.717, 1.165) is 11.1 Å². The molecule has 0 fully saturated rings. The summed E-state index contributed by atoms with van der Waals surface area (Å²) in [5, 5.41) is 2.86. The summed E-state index contributed by atoms with van der Waals surface area (Å²) in [5.41, 5.74) is 4.07. The molecule has 0 spiro atoms. The molecule has 0 aromatic heterocycles. The molecule has 0 saturated heterocycles. The molecule has 1 heterocycles. The summed E-state index contributed by atoms with van der Waals surface area (Å²) in [7, 11) is 0. The summed E-state index contributed by atoms with van der Waals surface area (Å²) in [6.45, 7) is 4.64. The van der Waals surface area contributed by atoms with Gasteiger partial charge in [0.05, 0.1) is 11.1 Å². The Kier molecular flexibility index (Phi) is 5.16. The third-order valence-corrected chi connectivity index (χ3v) is 4.52. The molecular formula is C21H22N2O3. The average molecular weight is 350 g/mol. The van der Waals surface area contributed by atoms with Gasteiger partial charge in [0.2, 0.25) is 5.91 Å². The summed E-state index contributed by atoms with van der Waals surface area (Å²) in [6, 6.07) is 13.2. The van der Waals surface area contributed by atoms with Crippen molar-refractivity contribution in [2.45, 2.75) is 33.2 Å². The molecule has 1 N–H and O–H groups in total. The van der Waals surface area contributed by atoms with Gasteiger partial charge in [-0.15, -0.1) is 0 Å². The lowest BCUT2D eigenvalue weighted by atomic mass is 10.1. The highest BCUT2D eigenvalue weighted by molar-refractivity contribution is 6.21. The Balaban J connectivity index is 1.47. The number of imide groups is 1. The van der Waals surface area contributed by atoms with Crippen LogP contribution in [0, 0.1) is 13.8 Å². The van der Waals surface area contributed by atoms with E-state index in [4.69, 9.17) is 0 Å². The third-order valence-electron chi connectivity index (χ3n) is 4.52. The van der Waals surface area contributed by atoms with Gasteiger partial charge in [-0.1, -0.05) is 41.5 Å². The van der Waals surface area contributed by atoms with E-state index in [1.165, 1.54) is 10.5 Å². The van der Waals surface area contributed by atoms with Gasteiger partial charge in [0.15, 0.2) is 0 Å². The predicted octanol–water partition coefficient (Wildman–Crippen LogP) is 3.00. The summed E-state index contributed by atoms with van der Waals surface area (Å²) in [6.07, 6.45) is 0.725. The summed E-state index contributed by atoms with van der Waals surface area (Å²) in [4.78, 5) is 37.9. The van der Waals surface area contributed by atoms with Gasteiger partial charge >= 0.3 is 0 Å². The summed E-state index contributed by atoms with van der Waals surface area (Å²) in [5.74, 6) is -0.628. The molecule has 0 atom stereocenters. The van der Waals surface area contributed by atoms with Gasteiger partial charge in [0.25, 0.3) is 11.8 Å². The highest BCUT2D eigenvalue weighted by Gasteiger charge is 2.34. The van der Waals surface area contributed by atoms with Crippen LogP contribution in [0.1, 0.15) is 50.2 Å². The van der Waals surface area contributed by atoms with Crippen LogP contribution in [-0.2, 0) is 11.3 Å². The second-order valence-electron chi connectivity index (χ2n) is 6.68. The maximum absolute atomic E-state index is 12.4. The Morgan fingerprint density at radius 3 is 2.31 bits per heavy atom. The largest absolute Gasteiger partial charge is 0.352 e. The van der Waals surface area contributed by atoms with E-state index in [1.54, 1.807) is 12.1 Å². The Bertz CT molecular complexity index is 856. The second kappa shape index (κ2) is 7.52. The minimum Gasteiger partial charge on any atom is -0.352 e. The fourth-order valence-electron chi connectivity index (χ4n) is 3.00. The Morgan fingerprint density at radius 2 is 1.58 bits per heavy atom. The zero-order valence-electron chi connectivity index (χ0n) is 15.0. The van der Waals surface area contributed by atoms with Crippen molar-refractivity contribution >= 4 is 17.7 Å². The van der Waals surface area contributed by atoms with Crippen molar-refractivity contribution in [2.24, 2.45) is 0 Å². The van der Waals surface area contributed by atoms with E-state index in [0.29, 0.717) is 24.1 Å². The SMILES string of the molecule is Cc1ccc(CNC(=O)CCCN2C(=O)c3ccc(C)cc3C2=O)cc1. The quantitative estimate of drug-likeness (QED) is 0.815. The van der Waals surface area contributed by atoms with Crippen LogP contribution in [0.15, 0.2) is 42.5 Å². The van der Waals surface area contributed by atoms with Gasteiger partial charge in [-0.25, -0.2) is 0 Å². The second-order valence-corrected chi connectivity index (χ2v) is 6.68. The predicted molar refractivity (Wildman–Crippen MR) is 98.8 cm³/mol. The molecule has 26 heavy (non-hydrogen) atoms. The van der Waals surface area contributed by atoms with E-state index < -0.39 is 0 Å². The van der Waals surface area contributed by atoms with E-state index >= 15 is 0 Å². The number of carbonyl (C=O) groups excluding carboxylic acids is 3. The van der Waals surface area contributed by atoms with Crippen LogP contribution >= 0.6 is 0 Å². The zero-order chi connectivity index (χ0) is 18.7. The monoisotopic (exact) mass is 350 g/mol. The Hall–Kier alpha value is -2.95. The number of hydrogen-bond donors (Lipinski definition) is 1. The molecule has 3 rings (SSSR count). The minimum absolute atomic E-state index is 0.0852. The van der Waals surface area contributed by atoms with Gasteiger partial charge in [-0.05, 0) is 38.0 Å². The topological polar surface area (TPSA) is 66.5 Å². The molecule has 0 aliphatic carbocycles. The molecule has 3 amide bonds. The van der Waals surface area contributed by atoms with Crippen molar-refractivity contribution in [1.29, 1.82) is 0 Å². The normalized spacial score (nSPS) is 13.1. The van der Waals surface area contributed by atoms with Crippen LogP contribution in [0.2, 0.25) is 0 Å². The first-order chi connectivity index (χ1) is 12.5. The van der Waals surface area contributed by atoms with Gasteiger partial charge in [0.1, 0.15) is 0 Å². The first-order valence-corrected chi connectivity index (χ1v) is 8.75. The molecule has 0 saturated carbocycles. The van der Waals surface area contributed by atoms with Crippen molar-refractivity contribution < 1.29 is 14.4 Å². The van der Waals surface area contributed by atoms with Crippen molar-refractivity contribution in [3.05, 3.63) is 70.3 Å². The lowest BCUT2D eigenvalue weighted by Crippen LogP contribution is -2.32. The molecule has 5 heteroatoms. The van der Waals surface area contributed by atoms with Gasteiger partial charge in [0, 0.05) is 19.5 Å². The van der Waals surface area contributed by atoms with E-state index in [-0.39, 0.29) is 30.7 Å². The zero-order valence-corrected chi connectivity index (χ0v) is 15.0. The number of amides is 3. The Labute approximate surface area is 153 Å². The fraction of sp³-hybridized carbons (Fsp3) is 0.286. The van der Waals surface area contributed by atoms with Crippen LogP contribution in [0.4, 0.5) is 0 Å². The van der Waals surface area contributed by atoms with Gasteiger partial charge < -0.3 is 5.32 Å². The van der Waals surface area contributed by atoms with E-state index in [2.05, 4.69) is 5.32 Å². The molecule has 1 aliphatic heterocycles. The number of aryl methyl sites for hydroxylation is 2. The van der Waals surface area contributed by atoms with E-state index in [9.17, 15) is 14.4 Å². The van der Waals surface area contributed by atoms with Crippen molar-refractivity contribution in [3.63, 3.8) is 0 Å². The molecule has 1 aliphatic rings. The highest BCUT2D eigenvalue weighted by Crippen LogP contribution is 2.24. The minimum atomic E-state index is -0.273. The standard InChI is InChI=1S/C21H22N2O3/c1-14-5-8-16(9-6-14)13-22-19(24)4-3-11-23-20(25)17-10-7-15(2)12-18(17)21(23)26/h5-10,12H,3-4,11,13H2,1-2H3,(H,22,24). The first-order valence-electron chi connectivity index (χ1n) is 8.75. The maximum Gasteiger partial charge on any atom is 0.261 e. The number of fused-ring (bicyclic) bond motifs is 1. The van der Waals surface area contributed by atoms with Crippen LogP contribution in [0.25, 0.3) is 0 Å². The highest BCUT2D eigenvalue weighted by atomic mass is 16.2. The smallest absolute Gasteiger partial charge is 0.261 e. The number of benzene rings is 2. The van der Waals surface area contributed by atoms with Crippen molar-refractivity contribution in [3.8, 4) is 0 Å². The third kappa shape index (κ3) is 3.82. The molecular weight excluding hydrogens is 328 g/mol. The number of nitrogens with zero attached hydrogens (tertiary/aromatic N) is 1. The molecule has 2 aromatic rings. The lowest BCUT2D eigenvalue weighted by Gasteiger charge is -2.13. The van der Waals surface area contributed by atoms with Crippen molar-refractivity contribution in [1.82, 2.24) is 10.2 Å². The van der Waals surface area contributed by atoms with Crippen LogP contribution < -0.4 is 5.32 Å². The number of nitrogens with one attached hydrogen (secondary N) is 1. The number of carbonyl (C=O) groups is 3. The van der Waals surface area contributed by atoms with Gasteiger partial charge in [-0.3, -0.25) is 19.3 Å². The maximum atomic E-state index is 12.4.